The average molecular weight is 214 g/mol. The van der Waals surface area contributed by atoms with Crippen LogP contribution >= 0.6 is 0 Å². The summed E-state index contributed by atoms with van der Waals surface area (Å²) >= 11 is 0. The van der Waals surface area contributed by atoms with Gasteiger partial charge < -0.3 is 4.42 Å². The smallest absolute Gasteiger partial charge is 0.201 e. The Morgan fingerprint density at radius 2 is 1.94 bits per heavy atom. The van der Waals surface area contributed by atoms with Gasteiger partial charge in [-0.05, 0) is 43.9 Å². The van der Waals surface area contributed by atoms with E-state index < -0.39 is 0 Å². The van der Waals surface area contributed by atoms with Crippen LogP contribution in [-0.2, 0) is 0 Å². The number of aryl methyl sites for hydroxylation is 2. The van der Waals surface area contributed by atoms with Crippen molar-refractivity contribution in [3.63, 3.8) is 0 Å². The summed E-state index contributed by atoms with van der Waals surface area (Å²) < 4.78 is 5.69. The number of carbonyl (C=O) groups excluding carboxylic acids is 1. The monoisotopic (exact) mass is 214 g/mol. The molecule has 1 aliphatic carbocycles. The molecule has 82 valence electrons. The van der Waals surface area contributed by atoms with E-state index in [4.69, 9.17) is 4.42 Å². The van der Waals surface area contributed by atoms with Gasteiger partial charge in [0.1, 0.15) is 5.58 Å². The van der Waals surface area contributed by atoms with Crippen LogP contribution < -0.4 is 0 Å². The number of ketones is 1. The van der Waals surface area contributed by atoms with E-state index in [9.17, 15) is 4.79 Å². The summed E-state index contributed by atoms with van der Waals surface area (Å²) in [5, 5.41) is 1.07. The lowest BCUT2D eigenvalue weighted by Gasteiger charge is -1.96. The van der Waals surface area contributed by atoms with Crippen LogP contribution in [0.4, 0.5) is 0 Å². The Labute approximate surface area is 94.3 Å². The number of hydrogen-bond donors (Lipinski definition) is 0. The first-order valence-electron chi connectivity index (χ1n) is 5.71. The van der Waals surface area contributed by atoms with E-state index in [1.165, 1.54) is 5.56 Å². The van der Waals surface area contributed by atoms with Gasteiger partial charge in [-0.1, -0.05) is 12.1 Å². The molecule has 1 fully saturated rings. The second-order valence-corrected chi connectivity index (χ2v) is 4.69. The van der Waals surface area contributed by atoms with Gasteiger partial charge in [0.05, 0.1) is 0 Å². The van der Waals surface area contributed by atoms with Crippen molar-refractivity contribution in [3.8, 4) is 0 Å². The van der Waals surface area contributed by atoms with Crippen molar-refractivity contribution < 1.29 is 9.21 Å². The zero-order chi connectivity index (χ0) is 11.3. The molecule has 2 heteroatoms. The first-order chi connectivity index (χ1) is 7.66. The fourth-order valence-electron chi connectivity index (χ4n) is 2.06. The Morgan fingerprint density at radius 1 is 1.25 bits per heavy atom. The van der Waals surface area contributed by atoms with Gasteiger partial charge in [-0.3, -0.25) is 4.79 Å². The van der Waals surface area contributed by atoms with E-state index >= 15 is 0 Å². The van der Waals surface area contributed by atoms with Crippen molar-refractivity contribution in [3.05, 3.63) is 35.1 Å². The van der Waals surface area contributed by atoms with Gasteiger partial charge >= 0.3 is 0 Å². The molecule has 0 aliphatic heterocycles. The van der Waals surface area contributed by atoms with Crippen LogP contribution in [0.15, 0.2) is 22.6 Å². The molecule has 0 saturated heterocycles. The number of furan rings is 1. The van der Waals surface area contributed by atoms with E-state index in [2.05, 4.69) is 6.07 Å². The van der Waals surface area contributed by atoms with Crippen LogP contribution in [0.25, 0.3) is 11.0 Å². The Morgan fingerprint density at radius 3 is 2.56 bits per heavy atom. The van der Waals surface area contributed by atoms with Gasteiger partial charge in [0.15, 0.2) is 5.76 Å². The zero-order valence-corrected chi connectivity index (χ0v) is 9.54. The van der Waals surface area contributed by atoms with E-state index in [-0.39, 0.29) is 11.7 Å². The van der Waals surface area contributed by atoms with Gasteiger partial charge in [-0.2, -0.15) is 0 Å². The summed E-state index contributed by atoms with van der Waals surface area (Å²) in [5.74, 6) is 0.936. The molecule has 0 spiro atoms. The van der Waals surface area contributed by atoms with Crippen LogP contribution in [0.5, 0.6) is 0 Å². The second kappa shape index (κ2) is 3.21. The molecule has 16 heavy (non-hydrogen) atoms. The van der Waals surface area contributed by atoms with E-state index in [0.717, 1.165) is 29.4 Å². The van der Waals surface area contributed by atoms with Crippen molar-refractivity contribution in [2.24, 2.45) is 5.92 Å². The molecule has 1 heterocycles. The zero-order valence-electron chi connectivity index (χ0n) is 9.54. The molecular weight excluding hydrogens is 200 g/mol. The van der Waals surface area contributed by atoms with Gasteiger partial charge in [-0.25, -0.2) is 0 Å². The minimum atomic E-state index is 0.176. The second-order valence-electron chi connectivity index (χ2n) is 4.69. The van der Waals surface area contributed by atoms with Gasteiger partial charge in [0.2, 0.25) is 5.78 Å². The number of carbonyl (C=O) groups is 1. The largest absolute Gasteiger partial charge is 0.453 e. The van der Waals surface area contributed by atoms with Crippen molar-refractivity contribution in [1.29, 1.82) is 0 Å². The third kappa shape index (κ3) is 1.37. The summed E-state index contributed by atoms with van der Waals surface area (Å²) in [7, 11) is 0. The highest BCUT2D eigenvalue weighted by Gasteiger charge is 2.32. The van der Waals surface area contributed by atoms with Crippen molar-refractivity contribution >= 4 is 16.8 Å². The first-order valence-corrected chi connectivity index (χ1v) is 5.71. The highest BCUT2D eigenvalue weighted by molar-refractivity contribution is 6.01. The Hall–Kier alpha value is -1.57. The standard InChI is InChI=1S/C14H14O2/c1-8-3-4-9(2)14-11(8)7-12(16-14)13(15)10-5-6-10/h3-4,7,10H,5-6H2,1-2H3. The van der Waals surface area contributed by atoms with Crippen LogP contribution in [0.3, 0.4) is 0 Å². The highest BCUT2D eigenvalue weighted by atomic mass is 16.3. The maximum atomic E-state index is 11.9. The van der Waals surface area contributed by atoms with Crippen LogP contribution in [0.2, 0.25) is 0 Å². The Balaban J connectivity index is 2.18. The summed E-state index contributed by atoms with van der Waals surface area (Å²) in [4.78, 5) is 11.9. The lowest BCUT2D eigenvalue weighted by molar-refractivity contribution is 0.0942. The summed E-state index contributed by atoms with van der Waals surface area (Å²) in [6.45, 7) is 4.05. The van der Waals surface area contributed by atoms with Crippen molar-refractivity contribution in [2.45, 2.75) is 26.7 Å². The minimum Gasteiger partial charge on any atom is -0.453 e. The first kappa shape index (κ1) is 9.64. The lowest BCUT2D eigenvalue weighted by atomic mass is 10.1. The number of hydrogen-bond acceptors (Lipinski definition) is 2. The Bertz CT molecular complexity index is 535. The summed E-state index contributed by atoms with van der Waals surface area (Å²) in [6, 6.07) is 6.00. The Kier molecular flexibility index (Phi) is 1.93. The topological polar surface area (TPSA) is 30.2 Å². The predicted octanol–water partition coefficient (Wildman–Crippen LogP) is 3.64. The maximum absolute atomic E-state index is 11.9. The molecule has 3 rings (SSSR count). The fraction of sp³-hybridized carbons (Fsp3) is 0.357. The number of fused-ring (bicyclic) bond motifs is 1. The number of benzene rings is 1. The van der Waals surface area contributed by atoms with E-state index in [0.29, 0.717) is 5.76 Å². The minimum absolute atomic E-state index is 0.176. The van der Waals surface area contributed by atoms with Crippen molar-refractivity contribution in [1.82, 2.24) is 0 Å². The van der Waals surface area contributed by atoms with Gasteiger partial charge in [0.25, 0.3) is 0 Å². The predicted molar refractivity (Wildman–Crippen MR) is 62.7 cm³/mol. The third-order valence-corrected chi connectivity index (χ3v) is 3.29. The summed E-state index contributed by atoms with van der Waals surface area (Å²) in [5.41, 5.74) is 3.12. The molecule has 2 aromatic rings. The van der Waals surface area contributed by atoms with Crippen LogP contribution in [0, 0.1) is 19.8 Å². The normalized spacial score (nSPS) is 15.6. The van der Waals surface area contributed by atoms with Gasteiger partial charge in [0, 0.05) is 11.3 Å². The average Bonchev–Trinajstić information content (AvgIpc) is 3.01. The number of Topliss-reactive ketones (excluding diaryl/α,β-unsaturated/α-hetero) is 1. The lowest BCUT2D eigenvalue weighted by Crippen LogP contribution is -1.98. The summed E-state index contributed by atoms with van der Waals surface area (Å²) in [6.07, 6.45) is 2.04. The fourth-order valence-corrected chi connectivity index (χ4v) is 2.06. The van der Waals surface area contributed by atoms with E-state index in [1.54, 1.807) is 0 Å². The van der Waals surface area contributed by atoms with Crippen LogP contribution in [-0.4, -0.2) is 5.78 Å². The molecule has 0 atom stereocenters. The molecule has 1 aliphatic rings. The third-order valence-electron chi connectivity index (χ3n) is 3.29. The molecule has 0 N–H and O–H groups in total. The molecule has 1 saturated carbocycles. The molecule has 1 aromatic heterocycles. The molecule has 0 bridgehead atoms. The molecular formula is C14H14O2. The molecule has 1 aromatic carbocycles. The SMILES string of the molecule is Cc1ccc(C)c2oc(C(=O)C3CC3)cc12. The number of rotatable bonds is 2. The van der Waals surface area contributed by atoms with Crippen molar-refractivity contribution in [2.75, 3.05) is 0 Å². The molecule has 0 radical (unpaired) electrons. The van der Waals surface area contributed by atoms with E-state index in [1.807, 2.05) is 26.0 Å². The quantitative estimate of drug-likeness (QED) is 0.714. The van der Waals surface area contributed by atoms with Gasteiger partial charge in [-0.15, -0.1) is 0 Å². The molecule has 0 unspecified atom stereocenters. The maximum Gasteiger partial charge on any atom is 0.201 e. The molecule has 0 amide bonds. The van der Waals surface area contributed by atoms with Crippen LogP contribution in [0.1, 0.15) is 34.5 Å². The molecule has 2 nitrogen and oxygen atoms in total. The highest BCUT2D eigenvalue weighted by Crippen LogP contribution is 2.35.